The highest BCUT2D eigenvalue weighted by atomic mass is 79.9. The molecule has 0 amide bonds. The average molecular weight is 350 g/mol. The van der Waals surface area contributed by atoms with Gasteiger partial charge in [0.2, 0.25) is 0 Å². The average Bonchev–Trinajstić information content (AvgIpc) is 2.46. The molecule has 2 aromatic rings. The van der Waals surface area contributed by atoms with Gasteiger partial charge in [-0.3, -0.25) is 0 Å². The van der Waals surface area contributed by atoms with Crippen molar-refractivity contribution in [3.8, 4) is 0 Å². The van der Waals surface area contributed by atoms with Gasteiger partial charge in [0.25, 0.3) is 0 Å². The molecule has 106 valence electrons. The zero-order chi connectivity index (χ0) is 14.5. The summed E-state index contributed by atoms with van der Waals surface area (Å²) in [5.74, 6) is 1.46. The van der Waals surface area contributed by atoms with Crippen LogP contribution in [0.3, 0.4) is 0 Å². The highest BCUT2D eigenvalue weighted by Crippen LogP contribution is 2.25. The van der Waals surface area contributed by atoms with E-state index >= 15 is 0 Å². The first-order valence-corrected chi connectivity index (χ1v) is 8.58. The van der Waals surface area contributed by atoms with Crippen molar-refractivity contribution in [2.24, 2.45) is 5.73 Å². The van der Waals surface area contributed by atoms with E-state index in [-0.39, 0.29) is 6.04 Å². The minimum Gasteiger partial charge on any atom is -0.323 e. The maximum Gasteiger partial charge on any atom is 0.0390 e. The molecule has 0 heterocycles. The van der Waals surface area contributed by atoms with Gasteiger partial charge in [0.1, 0.15) is 0 Å². The molecule has 0 aliphatic carbocycles. The zero-order valence-corrected chi connectivity index (χ0v) is 14.2. The quantitative estimate of drug-likeness (QED) is 0.734. The summed E-state index contributed by atoms with van der Waals surface area (Å²) < 4.78 is 1.11. The summed E-state index contributed by atoms with van der Waals surface area (Å²) in [6, 6.07) is 17.1. The number of hydrogen-bond acceptors (Lipinski definition) is 2. The monoisotopic (exact) mass is 349 g/mol. The van der Waals surface area contributed by atoms with E-state index in [0.29, 0.717) is 5.92 Å². The Bertz CT molecular complexity index is 534. The summed E-state index contributed by atoms with van der Waals surface area (Å²) in [5, 5.41) is 0. The number of halogens is 1. The number of thioether (sulfide) groups is 1. The van der Waals surface area contributed by atoms with E-state index < -0.39 is 0 Å². The van der Waals surface area contributed by atoms with E-state index in [0.717, 1.165) is 10.2 Å². The molecule has 0 bridgehead atoms. The molecule has 1 nitrogen and oxygen atoms in total. The molecule has 0 aliphatic rings. The lowest BCUT2D eigenvalue weighted by Crippen LogP contribution is -2.12. The van der Waals surface area contributed by atoms with Gasteiger partial charge >= 0.3 is 0 Å². The van der Waals surface area contributed by atoms with Crippen molar-refractivity contribution in [2.75, 3.05) is 5.75 Å². The fourth-order valence-electron chi connectivity index (χ4n) is 1.94. The van der Waals surface area contributed by atoms with E-state index in [1.165, 1.54) is 16.0 Å². The topological polar surface area (TPSA) is 26.0 Å². The van der Waals surface area contributed by atoms with Crippen molar-refractivity contribution in [2.45, 2.75) is 30.7 Å². The highest BCUT2D eigenvalue weighted by Gasteiger charge is 2.07. The minimum atomic E-state index is 0.0739. The second-order valence-corrected chi connectivity index (χ2v) is 7.20. The summed E-state index contributed by atoms with van der Waals surface area (Å²) in [5.41, 5.74) is 8.84. The number of rotatable bonds is 5. The van der Waals surface area contributed by atoms with Gasteiger partial charge in [0.15, 0.2) is 0 Å². The Morgan fingerprint density at radius 2 is 1.50 bits per heavy atom. The third-order valence-corrected chi connectivity index (χ3v) is 4.93. The Hall–Kier alpha value is -0.770. The molecular formula is C17H20BrNS. The first kappa shape index (κ1) is 15.6. The van der Waals surface area contributed by atoms with Gasteiger partial charge in [0, 0.05) is 21.2 Å². The van der Waals surface area contributed by atoms with Crippen LogP contribution >= 0.6 is 27.7 Å². The largest absolute Gasteiger partial charge is 0.323 e. The summed E-state index contributed by atoms with van der Waals surface area (Å²) in [6.07, 6.45) is 0. The lowest BCUT2D eigenvalue weighted by Gasteiger charge is -2.13. The summed E-state index contributed by atoms with van der Waals surface area (Å²) in [7, 11) is 0. The Morgan fingerprint density at radius 3 is 2.05 bits per heavy atom. The van der Waals surface area contributed by atoms with Gasteiger partial charge in [-0.1, -0.05) is 54.0 Å². The van der Waals surface area contributed by atoms with Crippen LogP contribution in [0.2, 0.25) is 0 Å². The van der Waals surface area contributed by atoms with Gasteiger partial charge < -0.3 is 5.73 Å². The molecule has 0 aromatic heterocycles. The third-order valence-electron chi connectivity index (χ3n) is 3.27. The molecule has 3 heteroatoms. The van der Waals surface area contributed by atoms with Crippen molar-refractivity contribution >= 4 is 27.7 Å². The van der Waals surface area contributed by atoms with Crippen LogP contribution in [-0.4, -0.2) is 5.75 Å². The van der Waals surface area contributed by atoms with Crippen molar-refractivity contribution in [3.05, 3.63) is 64.1 Å². The Kier molecular flexibility index (Phi) is 5.70. The molecule has 0 saturated carbocycles. The fraction of sp³-hybridized carbons (Fsp3) is 0.294. The molecule has 0 aliphatic heterocycles. The Morgan fingerprint density at radius 1 is 0.950 bits per heavy atom. The fourth-order valence-corrected chi connectivity index (χ4v) is 3.10. The van der Waals surface area contributed by atoms with Crippen LogP contribution in [0.1, 0.15) is 36.9 Å². The highest BCUT2D eigenvalue weighted by molar-refractivity contribution is 9.10. The van der Waals surface area contributed by atoms with Crippen molar-refractivity contribution in [3.63, 3.8) is 0 Å². The Labute approximate surface area is 134 Å². The van der Waals surface area contributed by atoms with Crippen LogP contribution < -0.4 is 5.73 Å². The van der Waals surface area contributed by atoms with Crippen LogP contribution in [0.4, 0.5) is 0 Å². The van der Waals surface area contributed by atoms with Crippen LogP contribution in [0.15, 0.2) is 57.9 Å². The van der Waals surface area contributed by atoms with Gasteiger partial charge in [-0.25, -0.2) is 0 Å². The zero-order valence-electron chi connectivity index (χ0n) is 11.8. The van der Waals surface area contributed by atoms with Gasteiger partial charge in [0.05, 0.1) is 0 Å². The predicted molar refractivity (Wildman–Crippen MR) is 92.3 cm³/mol. The van der Waals surface area contributed by atoms with Crippen LogP contribution in [0.5, 0.6) is 0 Å². The molecule has 0 saturated heterocycles. The molecule has 0 spiro atoms. The summed E-state index contributed by atoms with van der Waals surface area (Å²) in [4.78, 5) is 1.25. The molecule has 2 rings (SSSR count). The SMILES string of the molecule is CC(C)c1ccc(C(N)CSc2ccc(Br)cc2)cc1. The van der Waals surface area contributed by atoms with Crippen LogP contribution in [-0.2, 0) is 0 Å². The van der Waals surface area contributed by atoms with E-state index in [4.69, 9.17) is 5.73 Å². The number of hydrogen-bond donors (Lipinski definition) is 1. The number of benzene rings is 2. The maximum atomic E-state index is 6.27. The van der Waals surface area contributed by atoms with Gasteiger partial charge in [-0.15, -0.1) is 11.8 Å². The van der Waals surface area contributed by atoms with Gasteiger partial charge in [-0.2, -0.15) is 0 Å². The molecule has 20 heavy (non-hydrogen) atoms. The smallest absolute Gasteiger partial charge is 0.0390 e. The lowest BCUT2D eigenvalue weighted by molar-refractivity contribution is 0.822. The minimum absolute atomic E-state index is 0.0739. The van der Waals surface area contributed by atoms with E-state index in [1.807, 2.05) is 0 Å². The lowest BCUT2D eigenvalue weighted by atomic mass is 10.00. The number of nitrogens with two attached hydrogens (primary N) is 1. The maximum absolute atomic E-state index is 6.27. The Balaban J connectivity index is 1.94. The summed E-state index contributed by atoms with van der Waals surface area (Å²) >= 11 is 5.24. The van der Waals surface area contributed by atoms with Crippen molar-refractivity contribution in [1.29, 1.82) is 0 Å². The molecule has 2 N–H and O–H groups in total. The van der Waals surface area contributed by atoms with Gasteiger partial charge in [-0.05, 0) is 41.3 Å². The third kappa shape index (κ3) is 4.37. The molecular weight excluding hydrogens is 330 g/mol. The second kappa shape index (κ2) is 7.30. The normalized spacial score (nSPS) is 12.7. The van der Waals surface area contributed by atoms with Crippen LogP contribution in [0.25, 0.3) is 0 Å². The van der Waals surface area contributed by atoms with E-state index in [9.17, 15) is 0 Å². The molecule has 1 atom stereocenters. The molecule has 0 radical (unpaired) electrons. The first-order chi connectivity index (χ1) is 9.56. The first-order valence-electron chi connectivity index (χ1n) is 6.80. The standard InChI is InChI=1S/C17H20BrNS/c1-12(2)13-3-5-14(6-4-13)17(19)11-20-16-9-7-15(18)8-10-16/h3-10,12,17H,11,19H2,1-2H3. The van der Waals surface area contributed by atoms with E-state index in [1.54, 1.807) is 11.8 Å². The predicted octanol–water partition coefficient (Wildman–Crippen LogP) is 5.36. The molecule has 2 aromatic carbocycles. The van der Waals surface area contributed by atoms with Crippen molar-refractivity contribution in [1.82, 2.24) is 0 Å². The second-order valence-electron chi connectivity index (χ2n) is 5.19. The van der Waals surface area contributed by atoms with Crippen LogP contribution in [0, 0.1) is 0 Å². The van der Waals surface area contributed by atoms with Crippen molar-refractivity contribution < 1.29 is 0 Å². The molecule has 0 fully saturated rings. The molecule has 1 unspecified atom stereocenters. The summed E-state index contributed by atoms with van der Waals surface area (Å²) in [6.45, 7) is 4.41. The van der Waals surface area contributed by atoms with E-state index in [2.05, 4.69) is 78.3 Å².